The number of fused-ring (bicyclic) bond motifs is 1. The summed E-state index contributed by atoms with van der Waals surface area (Å²) in [6.07, 6.45) is 2.80. The molecule has 2 aromatic rings. The fourth-order valence-corrected chi connectivity index (χ4v) is 3.09. The Morgan fingerprint density at radius 2 is 2.16 bits per heavy atom. The number of hydrogen-bond acceptors (Lipinski definition) is 4. The monoisotopic (exact) mass is 343 g/mol. The third kappa shape index (κ3) is 2.69. The van der Waals surface area contributed by atoms with Crippen molar-refractivity contribution in [2.24, 2.45) is 5.92 Å². The molecule has 0 unspecified atom stereocenters. The summed E-state index contributed by atoms with van der Waals surface area (Å²) < 4.78 is 19.8. The van der Waals surface area contributed by atoms with Crippen molar-refractivity contribution in [3.05, 3.63) is 29.7 Å². The molecule has 1 aliphatic carbocycles. The first-order valence-electron chi connectivity index (χ1n) is 8.31. The predicted octanol–water partition coefficient (Wildman–Crippen LogP) is 3.38. The highest BCUT2D eigenvalue weighted by molar-refractivity contribution is 5.98. The fourth-order valence-electron chi connectivity index (χ4n) is 3.09. The molecule has 4 rings (SSSR count). The summed E-state index contributed by atoms with van der Waals surface area (Å²) in [5.41, 5.74) is 0.595. The Labute approximate surface area is 144 Å². The zero-order valence-electron chi connectivity index (χ0n) is 14.0. The molecule has 25 heavy (non-hydrogen) atoms. The molecule has 2 aliphatic rings. The quantitative estimate of drug-likeness (QED) is 0.927. The summed E-state index contributed by atoms with van der Waals surface area (Å²) >= 11 is 0. The minimum atomic E-state index is -0.554. The number of hydrogen-bond donors (Lipinski definition) is 1. The molecule has 1 aromatic carbocycles. The van der Waals surface area contributed by atoms with Crippen LogP contribution in [0.1, 0.15) is 25.3 Å². The largest absolute Gasteiger partial charge is 0.447 e. The van der Waals surface area contributed by atoms with Crippen LogP contribution >= 0.6 is 0 Å². The standard InChI is InChI=1S/C18H18FN3O3/c1-9-8-25-18(24)22(9)14-5-12-6-15(21-17(23)11-3-4-11)20-7-13(12)10(2)16(14)19/h5-7,9,11H,3-4,8H2,1-2H3,(H,20,21,23)/t9-/m1/s1. The molecule has 1 aromatic heterocycles. The first kappa shape index (κ1) is 15.8. The van der Waals surface area contributed by atoms with Crippen molar-refractivity contribution in [1.29, 1.82) is 0 Å². The van der Waals surface area contributed by atoms with Gasteiger partial charge in [-0.2, -0.15) is 0 Å². The van der Waals surface area contributed by atoms with Gasteiger partial charge in [-0.15, -0.1) is 0 Å². The molecule has 2 fully saturated rings. The van der Waals surface area contributed by atoms with Gasteiger partial charge in [-0.05, 0) is 49.8 Å². The average Bonchev–Trinajstić information content (AvgIpc) is 3.38. The van der Waals surface area contributed by atoms with Crippen molar-refractivity contribution in [2.75, 3.05) is 16.8 Å². The van der Waals surface area contributed by atoms with Crippen LogP contribution in [0.2, 0.25) is 0 Å². The van der Waals surface area contributed by atoms with Crippen molar-refractivity contribution in [3.63, 3.8) is 0 Å². The van der Waals surface area contributed by atoms with Gasteiger partial charge in [0, 0.05) is 17.5 Å². The summed E-state index contributed by atoms with van der Waals surface area (Å²) in [5, 5.41) is 4.14. The Hall–Kier alpha value is -2.70. The van der Waals surface area contributed by atoms with E-state index >= 15 is 0 Å². The van der Waals surface area contributed by atoms with E-state index in [9.17, 15) is 14.0 Å². The Bertz CT molecular complexity index is 895. The number of halogens is 1. The molecular weight excluding hydrogens is 325 g/mol. The van der Waals surface area contributed by atoms with Crippen molar-refractivity contribution < 1.29 is 18.7 Å². The molecule has 7 heteroatoms. The normalized spacial score (nSPS) is 20.0. The van der Waals surface area contributed by atoms with Crippen molar-refractivity contribution >= 4 is 34.3 Å². The topological polar surface area (TPSA) is 71.5 Å². The van der Waals surface area contributed by atoms with Crippen LogP contribution in [0.25, 0.3) is 10.8 Å². The van der Waals surface area contributed by atoms with Crippen LogP contribution in [-0.2, 0) is 9.53 Å². The van der Waals surface area contributed by atoms with Gasteiger partial charge < -0.3 is 10.1 Å². The number of pyridine rings is 1. The number of carbonyl (C=O) groups excluding carboxylic acids is 2. The van der Waals surface area contributed by atoms with Crippen LogP contribution in [0.4, 0.5) is 20.7 Å². The Balaban J connectivity index is 1.77. The van der Waals surface area contributed by atoms with E-state index in [1.807, 2.05) is 0 Å². The number of anilines is 2. The third-order valence-corrected chi connectivity index (χ3v) is 4.73. The molecular formula is C18H18FN3O3. The first-order valence-corrected chi connectivity index (χ1v) is 8.31. The molecule has 1 aliphatic heterocycles. The Morgan fingerprint density at radius 1 is 1.40 bits per heavy atom. The van der Waals surface area contributed by atoms with Gasteiger partial charge in [0.15, 0.2) is 5.82 Å². The van der Waals surface area contributed by atoms with Crippen molar-refractivity contribution in [1.82, 2.24) is 4.98 Å². The lowest BCUT2D eigenvalue weighted by Crippen LogP contribution is -2.31. The molecule has 0 spiro atoms. The van der Waals surface area contributed by atoms with E-state index in [0.717, 1.165) is 12.8 Å². The first-order chi connectivity index (χ1) is 12.0. The second-order valence-electron chi connectivity index (χ2n) is 6.68. The van der Waals surface area contributed by atoms with E-state index in [4.69, 9.17) is 4.74 Å². The molecule has 130 valence electrons. The van der Waals surface area contributed by atoms with Gasteiger partial charge >= 0.3 is 6.09 Å². The van der Waals surface area contributed by atoms with Gasteiger partial charge in [0.1, 0.15) is 12.4 Å². The lowest BCUT2D eigenvalue weighted by Gasteiger charge is -2.20. The predicted molar refractivity (Wildman–Crippen MR) is 91.1 cm³/mol. The molecule has 2 heterocycles. The number of aromatic nitrogens is 1. The third-order valence-electron chi connectivity index (χ3n) is 4.73. The highest BCUT2D eigenvalue weighted by Crippen LogP contribution is 2.34. The maximum Gasteiger partial charge on any atom is 0.414 e. The van der Waals surface area contributed by atoms with Crippen LogP contribution in [0.3, 0.4) is 0 Å². The van der Waals surface area contributed by atoms with Crippen LogP contribution in [0, 0.1) is 18.7 Å². The van der Waals surface area contributed by atoms with Gasteiger partial charge in [-0.3, -0.25) is 9.69 Å². The molecule has 1 atom stereocenters. The van der Waals surface area contributed by atoms with Crippen molar-refractivity contribution in [3.8, 4) is 0 Å². The number of benzene rings is 1. The lowest BCUT2D eigenvalue weighted by atomic mass is 10.0. The Morgan fingerprint density at radius 3 is 2.80 bits per heavy atom. The molecule has 6 nitrogen and oxygen atoms in total. The minimum absolute atomic E-state index is 0.0392. The second-order valence-corrected chi connectivity index (χ2v) is 6.68. The number of nitrogens with one attached hydrogen (secondary N) is 1. The number of nitrogens with zero attached hydrogens (tertiary/aromatic N) is 2. The van der Waals surface area contributed by atoms with Gasteiger partial charge in [0.2, 0.25) is 5.91 Å². The van der Waals surface area contributed by atoms with E-state index < -0.39 is 11.9 Å². The average molecular weight is 343 g/mol. The number of amides is 2. The molecule has 1 saturated heterocycles. The number of aryl methyl sites for hydroxylation is 1. The SMILES string of the molecule is Cc1c(F)c(N2C(=O)OC[C@H]2C)cc2cc(NC(=O)C3CC3)ncc12. The zero-order valence-corrected chi connectivity index (χ0v) is 14.0. The smallest absolute Gasteiger partial charge is 0.414 e. The lowest BCUT2D eigenvalue weighted by molar-refractivity contribution is -0.117. The highest BCUT2D eigenvalue weighted by Gasteiger charge is 2.34. The molecule has 1 N–H and O–H groups in total. The maximum absolute atomic E-state index is 14.8. The van der Waals surface area contributed by atoms with E-state index in [1.54, 1.807) is 32.2 Å². The van der Waals surface area contributed by atoms with Gasteiger partial charge in [0.05, 0.1) is 11.7 Å². The summed E-state index contributed by atoms with van der Waals surface area (Å²) in [6, 6.07) is 3.07. The summed E-state index contributed by atoms with van der Waals surface area (Å²) in [5.74, 6) is -0.000877. The number of cyclic esters (lactones) is 1. The maximum atomic E-state index is 14.8. The fraction of sp³-hybridized carbons (Fsp3) is 0.389. The summed E-state index contributed by atoms with van der Waals surface area (Å²) in [4.78, 5) is 29.4. The van der Waals surface area contributed by atoms with E-state index in [0.29, 0.717) is 22.2 Å². The second kappa shape index (κ2) is 5.68. The van der Waals surface area contributed by atoms with Gasteiger partial charge in [0.25, 0.3) is 0 Å². The number of ether oxygens (including phenoxy) is 1. The molecule has 2 amide bonds. The van der Waals surface area contributed by atoms with E-state index in [2.05, 4.69) is 10.3 Å². The van der Waals surface area contributed by atoms with E-state index in [1.165, 1.54) is 4.90 Å². The minimum Gasteiger partial charge on any atom is -0.447 e. The van der Waals surface area contributed by atoms with Gasteiger partial charge in [-0.25, -0.2) is 14.2 Å². The number of carbonyl (C=O) groups is 2. The summed E-state index contributed by atoms with van der Waals surface area (Å²) in [7, 11) is 0. The number of rotatable bonds is 3. The molecule has 1 saturated carbocycles. The highest BCUT2D eigenvalue weighted by atomic mass is 19.1. The van der Waals surface area contributed by atoms with Crippen LogP contribution in [0.15, 0.2) is 18.3 Å². The van der Waals surface area contributed by atoms with Crippen LogP contribution < -0.4 is 10.2 Å². The van der Waals surface area contributed by atoms with E-state index in [-0.39, 0.29) is 30.2 Å². The summed E-state index contributed by atoms with van der Waals surface area (Å²) in [6.45, 7) is 3.68. The van der Waals surface area contributed by atoms with Crippen molar-refractivity contribution in [2.45, 2.75) is 32.7 Å². The Kier molecular flexibility index (Phi) is 3.59. The molecule has 0 bridgehead atoms. The molecule has 0 radical (unpaired) electrons. The van der Waals surface area contributed by atoms with Crippen LogP contribution in [-0.4, -0.2) is 29.6 Å². The van der Waals surface area contributed by atoms with Crippen LogP contribution in [0.5, 0.6) is 0 Å². The zero-order chi connectivity index (χ0) is 17.7. The van der Waals surface area contributed by atoms with Gasteiger partial charge in [-0.1, -0.05) is 0 Å².